The van der Waals surface area contributed by atoms with Crippen LogP contribution in [-0.2, 0) is 9.53 Å². The molecule has 0 fully saturated rings. The molecule has 1 aliphatic rings. The Morgan fingerprint density at radius 3 is 1.96 bits per heavy atom. The van der Waals surface area contributed by atoms with Crippen LogP contribution < -0.4 is 14.9 Å². The molecule has 0 amide bonds. The minimum absolute atomic E-state index is 0.195. The van der Waals surface area contributed by atoms with Crippen LogP contribution in [0.15, 0.2) is 167 Å². The van der Waals surface area contributed by atoms with Crippen LogP contribution in [-0.4, -0.2) is 21.7 Å². The number of rotatable bonds is 8. The lowest BCUT2D eigenvalue weighted by molar-refractivity contribution is -0.138. The average Bonchev–Trinajstić information content (AvgIpc) is 3.72. The van der Waals surface area contributed by atoms with Crippen LogP contribution in [0.3, 0.4) is 0 Å². The molecule has 7 aromatic rings. The topological polar surface area (TPSA) is 65.6 Å². The summed E-state index contributed by atoms with van der Waals surface area (Å²) in [6.45, 7) is 4.06. The van der Waals surface area contributed by atoms with Crippen LogP contribution in [0.5, 0.6) is 0 Å². The second kappa shape index (κ2) is 14.1. The zero-order chi connectivity index (χ0) is 35.6. The Labute approximate surface area is 305 Å². The molecule has 1 atom stereocenters. The number of esters is 1. The number of aryl methyl sites for hydroxylation is 1. The van der Waals surface area contributed by atoms with Crippen molar-refractivity contribution in [1.29, 1.82) is 0 Å². The predicted octanol–water partition coefficient (Wildman–Crippen LogP) is 8.37. The van der Waals surface area contributed by atoms with Gasteiger partial charge in [0.2, 0.25) is 0 Å². The molecule has 2 aromatic heterocycles. The van der Waals surface area contributed by atoms with E-state index in [-0.39, 0.29) is 12.2 Å². The van der Waals surface area contributed by atoms with Crippen molar-refractivity contribution in [3.63, 3.8) is 0 Å². The fourth-order valence-electron chi connectivity index (χ4n) is 6.85. The van der Waals surface area contributed by atoms with Crippen LogP contribution in [0.2, 0.25) is 0 Å². The lowest BCUT2D eigenvalue weighted by Crippen LogP contribution is -2.40. The Hall–Kier alpha value is -6.31. The van der Waals surface area contributed by atoms with Crippen LogP contribution in [0.25, 0.3) is 40.0 Å². The maximum atomic E-state index is 14.8. The quantitative estimate of drug-likeness (QED) is 0.150. The van der Waals surface area contributed by atoms with Crippen molar-refractivity contribution >= 4 is 29.1 Å². The first-order valence-corrected chi connectivity index (χ1v) is 18.1. The number of ether oxygens (including phenoxy) is 1. The SMILES string of the molecule is CCOC(=O)C1=C(c2ccccc2)N=c2s/c(=C/c3cc(-c4ccccc4)n(-c4ccc(C)cc4)c3-c3ccccc3)c(=O)n2[C@H]1c1ccccc1. The summed E-state index contributed by atoms with van der Waals surface area (Å²) in [5, 5.41) is 0. The second-order valence-corrected chi connectivity index (χ2v) is 13.6. The van der Waals surface area contributed by atoms with E-state index >= 15 is 0 Å². The van der Waals surface area contributed by atoms with Gasteiger partial charge in [0.25, 0.3) is 5.56 Å². The first-order valence-electron chi connectivity index (χ1n) is 17.3. The summed E-state index contributed by atoms with van der Waals surface area (Å²) in [4.78, 5) is 34.2. The molecule has 6 nitrogen and oxygen atoms in total. The number of carbonyl (C=O) groups excluding carboxylic acids is 1. The molecule has 254 valence electrons. The summed E-state index contributed by atoms with van der Waals surface area (Å²) in [7, 11) is 0. The molecule has 0 spiro atoms. The predicted molar refractivity (Wildman–Crippen MR) is 209 cm³/mol. The molecule has 0 N–H and O–H groups in total. The summed E-state index contributed by atoms with van der Waals surface area (Å²) < 4.78 is 10.1. The lowest BCUT2D eigenvalue weighted by Gasteiger charge is -2.25. The van der Waals surface area contributed by atoms with Crippen molar-refractivity contribution in [2.45, 2.75) is 19.9 Å². The van der Waals surface area contributed by atoms with Gasteiger partial charge in [-0.2, -0.15) is 0 Å². The van der Waals surface area contributed by atoms with Gasteiger partial charge in [-0.1, -0.05) is 150 Å². The summed E-state index contributed by atoms with van der Waals surface area (Å²) in [5.74, 6) is -0.498. The van der Waals surface area contributed by atoms with E-state index in [4.69, 9.17) is 9.73 Å². The third kappa shape index (κ3) is 6.05. The first kappa shape index (κ1) is 32.9. The molecule has 0 unspecified atom stereocenters. The maximum Gasteiger partial charge on any atom is 0.338 e. The van der Waals surface area contributed by atoms with Crippen molar-refractivity contribution < 1.29 is 9.53 Å². The number of fused-ring (bicyclic) bond motifs is 1. The highest BCUT2D eigenvalue weighted by molar-refractivity contribution is 7.07. The molecular weight excluding hydrogens is 663 g/mol. The van der Waals surface area contributed by atoms with Crippen LogP contribution >= 0.6 is 11.3 Å². The number of benzene rings is 5. The Bertz CT molecular complexity index is 2600. The third-order valence-corrected chi connectivity index (χ3v) is 10.2. The number of hydrogen-bond donors (Lipinski definition) is 0. The van der Waals surface area contributed by atoms with E-state index in [9.17, 15) is 9.59 Å². The zero-order valence-electron chi connectivity index (χ0n) is 28.8. The van der Waals surface area contributed by atoms with E-state index in [2.05, 4.69) is 66.1 Å². The van der Waals surface area contributed by atoms with Gasteiger partial charge in [-0.3, -0.25) is 9.36 Å². The Morgan fingerprint density at radius 1 is 0.769 bits per heavy atom. The van der Waals surface area contributed by atoms with Gasteiger partial charge < -0.3 is 9.30 Å². The summed E-state index contributed by atoms with van der Waals surface area (Å²) >= 11 is 1.33. The molecule has 5 aromatic carbocycles. The van der Waals surface area contributed by atoms with Gasteiger partial charge in [0.1, 0.15) is 0 Å². The number of hydrogen-bond acceptors (Lipinski definition) is 5. The van der Waals surface area contributed by atoms with Crippen molar-refractivity contribution in [1.82, 2.24) is 9.13 Å². The Balaban J connectivity index is 1.43. The second-order valence-electron chi connectivity index (χ2n) is 12.6. The molecule has 0 saturated carbocycles. The van der Waals surface area contributed by atoms with Crippen molar-refractivity contribution in [2.75, 3.05) is 6.61 Å². The van der Waals surface area contributed by atoms with Gasteiger partial charge in [-0.25, -0.2) is 9.79 Å². The first-order chi connectivity index (χ1) is 25.5. The molecule has 0 aliphatic carbocycles. The van der Waals surface area contributed by atoms with E-state index in [1.54, 1.807) is 11.5 Å². The van der Waals surface area contributed by atoms with E-state index in [0.29, 0.717) is 20.6 Å². The van der Waals surface area contributed by atoms with Gasteiger partial charge in [0.05, 0.1) is 39.8 Å². The van der Waals surface area contributed by atoms with E-state index in [0.717, 1.165) is 44.9 Å². The largest absolute Gasteiger partial charge is 0.463 e. The molecule has 0 radical (unpaired) electrons. The lowest BCUT2D eigenvalue weighted by atomic mass is 9.93. The molecule has 1 aliphatic heterocycles. The number of nitrogens with zero attached hydrogens (tertiary/aromatic N) is 3. The van der Waals surface area contributed by atoms with Gasteiger partial charge in [0.15, 0.2) is 4.80 Å². The standard InChI is InChI=1S/C45H35N3O3S/c1-3-51-44(50)39-40(32-18-10-5-11-19-32)46-45-48(42(39)34-22-14-7-15-23-34)43(49)38(52-45)29-35-28-37(31-16-8-4-9-17-31)47(36-26-24-30(2)25-27-36)41(35)33-20-12-6-13-21-33/h4-29,42H,3H2,1-2H3/b38-29+/t42-/m0/s1. The highest BCUT2D eigenvalue weighted by Gasteiger charge is 2.35. The summed E-state index contributed by atoms with van der Waals surface area (Å²) in [6, 6.07) is 49.8. The minimum Gasteiger partial charge on any atom is -0.463 e. The van der Waals surface area contributed by atoms with E-state index in [1.807, 2.05) is 103 Å². The van der Waals surface area contributed by atoms with Crippen molar-refractivity contribution in [3.05, 3.63) is 199 Å². The molecular formula is C45H35N3O3S. The summed E-state index contributed by atoms with van der Waals surface area (Å²) in [5.41, 5.74) is 9.29. The fraction of sp³-hybridized carbons (Fsp3) is 0.0889. The van der Waals surface area contributed by atoms with Crippen LogP contribution in [0, 0.1) is 6.92 Å². The highest BCUT2D eigenvalue weighted by Crippen LogP contribution is 2.38. The average molecular weight is 698 g/mol. The Morgan fingerprint density at radius 2 is 1.35 bits per heavy atom. The van der Waals surface area contributed by atoms with Crippen LogP contribution in [0.1, 0.15) is 35.2 Å². The monoisotopic (exact) mass is 697 g/mol. The molecule has 0 bridgehead atoms. The number of thiazole rings is 1. The molecule has 52 heavy (non-hydrogen) atoms. The molecule has 8 rings (SSSR count). The third-order valence-electron chi connectivity index (χ3n) is 9.21. The van der Waals surface area contributed by atoms with E-state index < -0.39 is 12.0 Å². The van der Waals surface area contributed by atoms with E-state index in [1.165, 1.54) is 16.9 Å². The maximum absolute atomic E-state index is 14.8. The van der Waals surface area contributed by atoms with Crippen LogP contribution in [0.4, 0.5) is 0 Å². The van der Waals surface area contributed by atoms with Gasteiger partial charge in [-0.05, 0) is 54.8 Å². The highest BCUT2D eigenvalue weighted by atomic mass is 32.1. The molecule has 3 heterocycles. The molecule has 0 saturated heterocycles. The van der Waals surface area contributed by atoms with Gasteiger partial charge >= 0.3 is 5.97 Å². The molecule has 7 heteroatoms. The van der Waals surface area contributed by atoms with Gasteiger partial charge in [-0.15, -0.1) is 0 Å². The Kier molecular flexibility index (Phi) is 8.93. The number of aromatic nitrogens is 2. The smallest absolute Gasteiger partial charge is 0.338 e. The number of carbonyl (C=O) groups is 1. The van der Waals surface area contributed by atoms with Gasteiger partial charge in [0, 0.05) is 16.8 Å². The normalized spacial score (nSPS) is 14.2. The fourth-order valence-corrected chi connectivity index (χ4v) is 7.84. The minimum atomic E-state index is -0.737. The zero-order valence-corrected chi connectivity index (χ0v) is 29.6. The van der Waals surface area contributed by atoms with Crippen molar-refractivity contribution in [2.24, 2.45) is 4.99 Å². The summed E-state index contributed by atoms with van der Waals surface area (Å²) in [6.07, 6.45) is 1.97. The van der Waals surface area contributed by atoms with Crippen molar-refractivity contribution in [3.8, 4) is 28.2 Å².